The van der Waals surface area contributed by atoms with Crippen LogP contribution in [0.5, 0.6) is 5.75 Å². The molecule has 0 spiro atoms. The normalized spacial score (nSPS) is 27.4. The van der Waals surface area contributed by atoms with Crippen molar-refractivity contribution in [1.29, 1.82) is 0 Å². The van der Waals surface area contributed by atoms with Crippen molar-refractivity contribution in [2.75, 3.05) is 32.9 Å². The van der Waals surface area contributed by atoms with Crippen LogP contribution in [0.2, 0.25) is 0 Å². The lowest BCUT2D eigenvalue weighted by Gasteiger charge is -2.33. The molecular weight excluding hydrogens is 312 g/mol. The SMILES string of the molecule is Cc1ccc(OCCNC2CCCC2C2COCCN2)cc1.Cl. The first-order valence-electron chi connectivity index (χ1n) is 8.57. The predicted octanol–water partition coefficient (Wildman–Crippen LogP) is 2.54. The highest BCUT2D eigenvalue weighted by Gasteiger charge is 2.34. The van der Waals surface area contributed by atoms with Gasteiger partial charge in [-0.1, -0.05) is 24.1 Å². The maximum atomic E-state index is 5.80. The summed E-state index contributed by atoms with van der Waals surface area (Å²) in [6.45, 7) is 6.43. The second-order valence-electron chi connectivity index (χ2n) is 6.45. The van der Waals surface area contributed by atoms with Crippen LogP contribution in [0, 0.1) is 12.8 Å². The van der Waals surface area contributed by atoms with Gasteiger partial charge in [0.1, 0.15) is 12.4 Å². The highest BCUT2D eigenvalue weighted by atomic mass is 35.5. The quantitative estimate of drug-likeness (QED) is 0.781. The minimum absolute atomic E-state index is 0. The first kappa shape index (κ1) is 18.5. The highest BCUT2D eigenvalue weighted by Crippen LogP contribution is 2.29. The molecule has 1 saturated heterocycles. The van der Waals surface area contributed by atoms with Crippen molar-refractivity contribution in [1.82, 2.24) is 10.6 Å². The van der Waals surface area contributed by atoms with Gasteiger partial charge in [0.15, 0.2) is 0 Å². The Hall–Kier alpha value is -0.810. The summed E-state index contributed by atoms with van der Waals surface area (Å²) >= 11 is 0. The van der Waals surface area contributed by atoms with E-state index in [9.17, 15) is 0 Å². The van der Waals surface area contributed by atoms with E-state index in [1.807, 2.05) is 12.1 Å². The molecule has 3 unspecified atom stereocenters. The monoisotopic (exact) mass is 340 g/mol. The Morgan fingerprint density at radius 3 is 2.83 bits per heavy atom. The number of morpholine rings is 1. The van der Waals surface area contributed by atoms with E-state index in [0.29, 0.717) is 18.0 Å². The van der Waals surface area contributed by atoms with Gasteiger partial charge in [0, 0.05) is 25.2 Å². The third-order valence-corrected chi connectivity index (χ3v) is 4.83. The van der Waals surface area contributed by atoms with Crippen molar-refractivity contribution in [2.45, 2.75) is 38.3 Å². The van der Waals surface area contributed by atoms with Gasteiger partial charge in [-0.05, 0) is 37.8 Å². The average Bonchev–Trinajstić information content (AvgIpc) is 3.02. The lowest BCUT2D eigenvalue weighted by Crippen LogP contribution is -2.51. The molecular formula is C18H29ClN2O2. The summed E-state index contributed by atoms with van der Waals surface area (Å²) in [5.74, 6) is 1.65. The summed E-state index contributed by atoms with van der Waals surface area (Å²) in [5.41, 5.74) is 1.27. The van der Waals surface area contributed by atoms with Gasteiger partial charge in [0.05, 0.1) is 13.2 Å². The Labute approximate surface area is 145 Å². The number of halogens is 1. The van der Waals surface area contributed by atoms with E-state index >= 15 is 0 Å². The molecule has 1 saturated carbocycles. The summed E-state index contributed by atoms with van der Waals surface area (Å²) < 4.78 is 11.4. The van der Waals surface area contributed by atoms with E-state index in [2.05, 4.69) is 29.7 Å². The Kier molecular flexibility index (Phi) is 7.63. The van der Waals surface area contributed by atoms with Crippen LogP contribution in [0.3, 0.4) is 0 Å². The van der Waals surface area contributed by atoms with Gasteiger partial charge in [0.25, 0.3) is 0 Å². The highest BCUT2D eigenvalue weighted by molar-refractivity contribution is 5.85. The molecule has 1 aromatic rings. The van der Waals surface area contributed by atoms with Crippen molar-refractivity contribution >= 4 is 12.4 Å². The number of hydrogen-bond acceptors (Lipinski definition) is 4. The molecule has 130 valence electrons. The van der Waals surface area contributed by atoms with Gasteiger partial charge < -0.3 is 20.1 Å². The average molecular weight is 341 g/mol. The molecule has 4 nitrogen and oxygen atoms in total. The number of benzene rings is 1. The van der Waals surface area contributed by atoms with Crippen LogP contribution < -0.4 is 15.4 Å². The Bertz CT molecular complexity index is 449. The minimum atomic E-state index is 0. The zero-order valence-electron chi connectivity index (χ0n) is 13.9. The molecule has 1 aliphatic carbocycles. The second kappa shape index (κ2) is 9.48. The first-order chi connectivity index (χ1) is 10.8. The summed E-state index contributed by atoms with van der Waals surface area (Å²) in [6, 6.07) is 9.37. The molecule has 23 heavy (non-hydrogen) atoms. The maximum Gasteiger partial charge on any atom is 0.119 e. The van der Waals surface area contributed by atoms with E-state index in [1.54, 1.807) is 0 Å². The van der Waals surface area contributed by atoms with Crippen LogP contribution in [-0.4, -0.2) is 45.0 Å². The third-order valence-electron chi connectivity index (χ3n) is 4.83. The first-order valence-corrected chi connectivity index (χ1v) is 8.57. The third kappa shape index (κ3) is 5.35. The summed E-state index contributed by atoms with van der Waals surface area (Å²) in [6.07, 6.45) is 3.89. The largest absolute Gasteiger partial charge is 0.492 e. The molecule has 0 bridgehead atoms. The van der Waals surface area contributed by atoms with Gasteiger partial charge in [-0.3, -0.25) is 0 Å². The standard InChI is InChI=1S/C18H28N2O2.ClH/c1-14-5-7-15(8-6-14)22-12-10-19-17-4-2-3-16(17)18-13-21-11-9-20-18;/h5-8,16-20H,2-4,9-13H2,1H3;1H. The lowest BCUT2D eigenvalue weighted by atomic mass is 9.94. The fraction of sp³-hybridized carbons (Fsp3) is 0.667. The number of rotatable bonds is 6. The number of ether oxygens (including phenoxy) is 2. The van der Waals surface area contributed by atoms with E-state index in [-0.39, 0.29) is 12.4 Å². The number of aryl methyl sites for hydroxylation is 1. The summed E-state index contributed by atoms with van der Waals surface area (Å²) in [5, 5.41) is 7.31. The molecule has 3 atom stereocenters. The van der Waals surface area contributed by atoms with E-state index in [0.717, 1.165) is 38.7 Å². The zero-order chi connectivity index (χ0) is 15.2. The molecule has 2 fully saturated rings. The van der Waals surface area contributed by atoms with Crippen LogP contribution in [-0.2, 0) is 4.74 Å². The van der Waals surface area contributed by atoms with E-state index in [1.165, 1.54) is 24.8 Å². The fourth-order valence-corrected chi connectivity index (χ4v) is 3.63. The molecule has 1 aromatic carbocycles. The molecule has 0 amide bonds. The Balaban J connectivity index is 0.00000192. The Morgan fingerprint density at radius 2 is 2.09 bits per heavy atom. The van der Waals surface area contributed by atoms with E-state index in [4.69, 9.17) is 9.47 Å². The van der Waals surface area contributed by atoms with Crippen molar-refractivity contribution in [3.8, 4) is 5.75 Å². The van der Waals surface area contributed by atoms with Gasteiger partial charge in [-0.2, -0.15) is 0 Å². The molecule has 2 N–H and O–H groups in total. The zero-order valence-corrected chi connectivity index (χ0v) is 14.7. The van der Waals surface area contributed by atoms with Crippen molar-refractivity contribution in [2.24, 2.45) is 5.92 Å². The molecule has 1 heterocycles. The fourth-order valence-electron chi connectivity index (χ4n) is 3.63. The molecule has 5 heteroatoms. The smallest absolute Gasteiger partial charge is 0.119 e. The van der Waals surface area contributed by atoms with Gasteiger partial charge in [-0.25, -0.2) is 0 Å². The molecule has 0 aromatic heterocycles. The number of nitrogens with one attached hydrogen (secondary N) is 2. The Morgan fingerprint density at radius 1 is 1.26 bits per heavy atom. The van der Waals surface area contributed by atoms with Crippen LogP contribution in [0.25, 0.3) is 0 Å². The minimum Gasteiger partial charge on any atom is -0.492 e. The van der Waals surface area contributed by atoms with Crippen molar-refractivity contribution in [3.05, 3.63) is 29.8 Å². The summed E-state index contributed by atoms with van der Waals surface area (Å²) in [7, 11) is 0. The molecule has 3 rings (SSSR count). The van der Waals surface area contributed by atoms with E-state index < -0.39 is 0 Å². The van der Waals surface area contributed by atoms with Crippen LogP contribution in [0.4, 0.5) is 0 Å². The predicted molar refractivity (Wildman–Crippen MR) is 95.7 cm³/mol. The molecule has 2 aliphatic rings. The van der Waals surface area contributed by atoms with Crippen molar-refractivity contribution < 1.29 is 9.47 Å². The summed E-state index contributed by atoms with van der Waals surface area (Å²) in [4.78, 5) is 0. The van der Waals surface area contributed by atoms with Gasteiger partial charge in [-0.15, -0.1) is 12.4 Å². The van der Waals surface area contributed by atoms with Crippen LogP contribution in [0.15, 0.2) is 24.3 Å². The number of hydrogen-bond donors (Lipinski definition) is 2. The topological polar surface area (TPSA) is 42.5 Å². The maximum absolute atomic E-state index is 5.80. The molecule has 1 aliphatic heterocycles. The lowest BCUT2D eigenvalue weighted by molar-refractivity contribution is 0.0523. The van der Waals surface area contributed by atoms with Crippen LogP contribution >= 0.6 is 12.4 Å². The van der Waals surface area contributed by atoms with Gasteiger partial charge >= 0.3 is 0 Å². The van der Waals surface area contributed by atoms with Crippen molar-refractivity contribution in [3.63, 3.8) is 0 Å². The molecule has 0 radical (unpaired) electrons. The van der Waals surface area contributed by atoms with Crippen LogP contribution in [0.1, 0.15) is 24.8 Å². The second-order valence-corrected chi connectivity index (χ2v) is 6.45. The van der Waals surface area contributed by atoms with Gasteiger partial charge in [0.2, 0.25) is 0 Å².